The minimum Gasteiger partial charge on any atom is -0.383 e. The minimum absolute atomic E-state index is 0.00104. The summed E-state index contributed by atoms with van der Waals surface area (Å²) in [5.74, 6) is -1.55. The Bertz CT molecular complexity index is 1380. The fourth-order valence-electron chi connectivity index (χ4n) is 3.98. The number of nitrogens with zero attached hydrogens (tertiary/aromatic N) is 3. The number of hydrogen-bond acceptors (Lipinski definition) is 6. The molecule has 4 rings (SSSR count). The quantitative estimate of drug-likeness (QED) is 0.438. The maximum Gasteiger partial charge on any atom is 0.257 e. The summed E-state index contributed by atoms with van der Waals surface area (Å²) in [5.41, 5.74) is 1.99. The van der Waals surface area contributed by atoms with Crippen LogP contribution in [0.3, 0.4) is 0 Å². The molecule has 11 heteroatoms. The first-order valence-corrected chi connectivity index (χ1v) is 12.3. The molecule has 1 N–H and O–H groups in total. The van der Waals surface area contributed by atoms with Crippen LogP contribution >= 0.6 is 34.8 Å². The Morgan fingerprint density at radius 2 is 1.89 bits per heavy atom. The zero-order chi connectivity index (χ0) is 26.7. The van der Waals surface area contributed by atoms with Gasteiger partial charge in [-0.1, -0.05) is 59.1 Å². The lowest BCUT2D eigenvalue weighted by Gasteiger charge is -2.21. The smallest absolute Gasteiger partial charge is 0.257 e. The third-order valence-electron chi connectivity index (χ3n) is 5.78. The van der Waals surface area contributed by atoms with Crippen LogP contribution in [-0.2, 0) is 16.0 Å². The van der Waals surface area contributed by atoms with Gasteiger partial charge in [-0.2, -0.15) is 0 Å². The molecule has 0 bridgehead atoms. The summed E-state index contributed by atoms with van der Waals surface area (Å²) < 4.78 is 19.2. The number of ketones is 1. The standard InChI is InChI=1S/C26H22Cl3FN4O3/c1-34(7-8-37-2)25-18(12-16(30)13-31-25)26(36)33-24-21(35)9-14-5-3-4-6-17(14)23(32-24)22-19(28)10-15(27)11-20(22)29/h3-6,10-13,24H,7-9H2,1-2H3,(H,33,36). The van der Waals surface area contributed by atoms with Crippen LogP contribution < -0.4 is 10.2 Å². The van der Waals surface area contributed by atoms with Crippen molar-refractivity contribution in [1.82, 2.24) is 10.3 Å². The second-order valence-electron chi connectivity index (χ2n) is 8.34. The molecule has 3 aromatic rings. The number of rotatable bonds is 7. The van der Waals surface area contributed by atoms with Crippen molar-refractivity contribution in [3.05, 3.63) is 91.8 Å². The molecule has 2 aromatic carbocycles. The predicted octanol–water partition coefficient (Wildman–Crippen LogP) is 4.98. The molecule has 192 valence electrons. The molecule has 1 aromatic heterocycles. The first kappa shape index (κ1) is 27.0. The van der Waals surface area contributed by atoms with Crippen molar-refractivity contribution in [1.29, 1.82) is 0 Å². The number of nitrogens with one attached hydrogen (secondary N) is 1. The van der Waals surface area contributed by atoms with Crippen LogP contribution in [0.5, 0.6) is 0 Å². The van der Waals surface area contributed by atoms with Gasteiger partial charge in [-0.25, -0.2) is 9.37 Å². The molecule has 1 aliphatic heterocycles. The lowest BCUT2D eigenvalue weighted by atomic mass is 9.96. The lowest BCUT2D eigenvalue weighted by Crippen LogP contribution is -2.41. The van der Waals surface area contributed by atoms with E-state index >= 15 is 0 Å². The Balaban J connectivity index is 1.77. The van der Waals surface area contributed by atoms with E-state index in [0.717, 1.165) is 12.3 Å². The SMILES string of the molecule is COCCN(C)c1ncc(F)cc1C(=O)NC1N=C(c2c(Cl)cc(Cl)cc2Cl)c2ccccc2CC1=O. The molecule has 1 unspecified atom stereocenters. The van der Waals surface area contributed by atoms with Crippen LogP contribution in [0, 0.1) is 5.82 Å². The van der Waals surface area contributed by atoms with Crippen LogP contribution in [0.4, 0.5) is 10.2 Å². The number of anilines is 1. The highest BCUT2D eigenvalue weighted by molar-refractivity contribution is 6.43. The van der Waals surface area contributed by atoms with Gasteiger partial charge in [0, 0.05) is 43.3 Å². The van der Waals surface area contributed by atoms with Crippen LogP contribution in [0.2, 0.25) is 15.1 Å². The largest absolute Gasteiger partial charge is 0.383 e. The minimum atomic E-state index is -1.29. The van der Waals surface area contributed by atoms with Gasteiger partial charge in [-0.15, -0.1) is 0 Å². The highest BCUT2D eigenvalue weighted by atomic mass is 35.5. The van der Waals surface area contributed by atoms with Crippen LogP contribution in [0.15, 0.2) is 53.7 Å². The van der Waals surface area contributed by atoms with Gasteiger partial charge in [0.1, 0.15) is 11.6 Å². The Hall–Kier alpha value is -3.04. The fraction of sp³-hybridized carbons (Fsp3) is 0.231. The van der Waals surface area contributed by atoms with Gasteiger partial charge in [-0.3, -0.25) is 14.6 Å². The summed E-state index contributed by atoms with van der Waals surface area (Å²) in [5, 5.41) is 3.45. The summed E-state index contributed by atoms with van der Waals surface area (Å²) in [6.07, 6.45) is -0.277. The second-order valence-corrected chi connectivity index (χ2v) is 9.59. The lowest BCUT2D eigenvalue weighted by molar-refractivity contribution is -0.120. The Kier molecular flexibility index (Phi) is 8.44. The molecule has 1 aliphatic rings. The number of amides is 1. The van der Waals surface area contributed by atoms with Gasteiger partial charge in [-0.05, 0) is 23.8 Å². The average Bonchev–Trinajstić information content (AvgIpc) is 2.98. The van der Waals surface area contributed by atoms with E-state index in [9.17, 15) is 14.0 Å². The van der Waals surface area contributed by atoms with E-state index in [-0.39, 0.29) is 33.6 Å². The molecule has 0 fully saturated rings. The first-order valence-electron chi connectivity index (χ1n) is 11.2. The van der Waals surface area contributed by atoms with Gasteiger partial charge in [0.15, 0.2) is 11.9 Å². The van der Waals surface area contributed by atoms with Crippen LogP contribution in [-0.4, -0.2) is 55.9 Å². The van der Waals surface area contributed by atoms with Crippen molar-refractivity contribution in [3.8, 4) is 0 Å². The molecule has 0 radical (unpaired) electrons. The summed E-state index contributed by atoms with van der Waals surface area (Å²) in [6, 6.07) is 11.3. The average molecular weight is 564 g/mol. The summed E-state index contributed by atoms with van der Waals surface area (Å²) in [4.78, 5) is 36.9. The predicted molar refractivity (Wildman–Crippen MR) is 143 cm³/mol. The van der Waals surface area contributed by atoms with Gasteiger partial charge in [0.2, 0.25) is 0 Å². The van der Waals surface area contributed by atoms with E-state index < -0.39 is 17.9 Å². The molecule has 1 amide bonds. The van der Waals surface area contributed by atoms with E-state index in [1.807, 2.05) is 0 Å². The number of aliphatic imine (C=N–C) groups is 1. The van der Waals surface area contributed by atoms with E-state index in [1.54, 1.807) is 43.3 Å². The molecule has 2 heterocycles. The maximum atomic E-state index is 14.1. The number of ether oxygens (including phenoxy) is 1. The Morgan fingerprint density at radius 3 is 2.59 bits per heavy atom. The number of fused-ring (bicyclic) bond motifs is 1. The number of carbonyl (C=O) groups excluding carboxylic acids is 2. The number of benzene rings is 2. The van der Waals surface area contributed by atoms with Crippen molar-refractivity contribution in [3.63, 3.8) is 0 Å². The third kappa shape index (κ3) is 5.93. The molecular weight excluding hydrogens is 542 g/mol. The number of pyridine rings is 1. The van der Waals surface area contributed by atoms with E-state index in [0.29, 0.717) is 40.6 Å². The third-order valence-corrected chi connectivity index (χ3v) is 6.60. The van der Waals surface area contributed by atoms with Gasteiger partial charge >= 0.3 is 0 Å². The number of Topliss-reactive ketones (excluding diaryl/α,β-unsaturated/α-hetero) is 1. The number of aromatic nitrogens is 1. The molecule has 0 saturated heterocycles. The molecule has 1 atom stereocenters. The zero-order valence-electron chi connectivity index (χ0n) is 19.9. The van der Waals surface area contributed by atoms with Crippen molar-refractivity contribution in [2.45, 2.75) is 12.6 Å². The van der Waals surface area contributed by atoms with E-state index in [4.69, 9.17) is 39.5 Å². The zero-order valence-corrected chi connectivity index (χ0v) is 22.2. The highest BCUT2D eigenvalue weighted by Gasteiger charge is 2.30. The van der Waals surface area contributed by atoms with Crippen LogP contribution in [0.1, 0.15) is 27.0 Å². The summed E-state index contributed by atoms with van der Waals surface area (Å²) in [7, 11) is 3.24. The number of halogens is 4. The molecule has 0 saturated carbocycles. The van der Waals surface area contributed by atoms with Crippen molar-refractivity contribution in [2.24, 2.45) is 4.99 Å². The molecule has 0 aliphatic carbocycles. The Labute approximate surface area is 228 Å². The number of carbonyl (C=O) groups is 2. The highest BCUT2D eigenvalue weighted by Crippen LogP contribution is 2.33. The van der Waals surface area contributed by atoms with Crippen molar-refractivity contribution in [2.75, 3.05) is 32.2 Å². The maximum absolute atomic E-state index is 14.1. The van der Waals surface area contributed by atoms with E-state index in [1.165, 1.54) is 12.1 Å². The Morgan fingerprint density at radius 1 is 1.19 bits per heavy atom. The van der Waals surface area contributed by atoms with E-state index in [2.05, 4.69) is 15.3 Å². The number of likely N-dealkylation sites (N-methyl/N-ethyl adjacent to an activating group) is 1. The molecule has 0 spiro atoms. The first-order chi connectivity index (χ1) is 17.7. The molecule has 7 nitrogen and oxygen atoms in total. The summed E-state index contributed by atoms with van der Waals surface area (Å²) in [6.45, 7) is 0.773. The molecule has 37 heavy (non-hydrogen) atoms. The van der Waals surface area contributed by atoms with Gasteiger partial charge in [0.05, 0.1) is 34.1 Å². The second kappa shape index (κ2) is 11.6. The normalized spacial score (nSPS) is 15.0. The fourth-order valence-corrected chi connectivity index (χ4v) is 4.98. The number of hydrogen-bond donors (Lipinski definition) is 1. The topological polar surface area (TPSA) is 83.9 Å². The van der Waals surface area contributed by atoms with Gasteiger partial charge in [0.25, 0.3) is 5.91 Å². The van der Waals surface area contributed by atoms with Crippen molar-refractivity contribution < 1.29 is 18.7 Å². The molecular formula is C26H22Cl3FN4O3. The van der Waals surface area contributed by atoms with Gasteiger partial charge < -0.3 is 15.0 Å². The monoisotopic (exact) mass is 562 g/mol. The van der Waals surface area contributed by atoms with Crippen molar-refractivity contribution >= 4 is 58.0 Å². The summed E-state index contributed by atoms with van der Waals surface area (Å²) >= 11 is 19.1. The number of methoxy groups -OCH3 is 1. The van der Waals surface area contributed by atoms with Crippen LogP contribution in [0.25, 0.3) is 0 Å².